The topological polar surface area (TPSA) is 108 Å². The highest BCUT2D eigenvalue weighted by atomic mass is 19.1. The number of furan rings is 1. The van der Waals surface area contributed by atoms with E-state index in [1.165, 1.54) is 12.3 Å². The van der Waals surface area contributed by atoms with E-state index in [1.54, 1.807) is 46.9 Å². The molecule has 1 saturated heterocycles. The summed E-state index contributed by atoms with van der Waals surface area (Å²) in [6, 6.07) is 6.27. The molecule has 0 amide bonds. The van der Waals surface area contributed by atoms with E-state index in [0.717, 1.165) is 6.42 Å². The zero-order valence-electron chi connectivity index (χ0n) is 20.5. The molecule has 0 bridgehead atoms. The van der Waals surface area contributed by atoms with Crippen LogP contribution in [-0.2, 0) is 18.4 Å². The summed E-state index contributed by atoms with van der Waals surface area (Å²) in [6.45, 7) is 2.40. The van der Waals surface area contributed by atoms with Crippen LogP contribution in [0.4, 0.5) is 4.39 Å². The van der Waals surface area contributed by atoms with Crippen molar-refractivity contribution in [3.8, 4) is 22.4 Å². The third kappa shape index (κ3) is 4.02. The van der Waals surface area contributed by atoms with Crippen molar-refractivity contribution in [1.29, 1.82) is 0 Å². The van der Waals surface area contributed by atoms with Gasteiger partial charge in [-0.15, -0.1) is 0 Å². The number of aryl methyl sites for hydroxylation is 1. The van der Waals surface area contributed by atoms with Crippen LogP contribution in [0.3, 0.4) is 0 Å². The van der Waals surface area contributed by atoms with Crippen molar-refractivity contribution in [3.63, 3.8) is 0 Å². The summed E-state index contributed by atoms with van der Waals surface area (Å²) >= 11 is 0. The number of nitrogens with zero attached hydrogens (tertiary/aromatic N) is 5. The molecule has 1 aliphatic rings. The fourth-order valence-corrected chi connectivity index (χ4v) is 5.16. The lowest BCUT2D eigenvalue weighted by atomic mass is 10.00. The molecule has 2 atom stereocenters. The van der Waals surface area contributed by atoms with Gasteiger partial charge in [-0.25, -0.2) is 9.18 Å². The van der Waals surface area contributed by atoms with E-state index in [0.29, 0.717) is 69.6 Å². The standard InChI is InChI=1S/C27H26FN5O4/c1-3-19-8-18(6-7-36-19)33-25-21-9-20(15-4-5-17(14-34)29-11-15)22(28)10-23(21)37-26(25)24(31-27(33)35)16-12-30-32(2)13-16/h4-5,9-13,18-19,34H,3,6-8,14H2,1-2H3. The number of aromatic nitrogens is 5. The molecular formula is C27H26FN5O4. The van der Waals surface area contributed by atoms with Crippen LogP contribution in [0.5, 0.6) is 0 Å². The van der Waals surface area contributed by atoms with Crippen molar-refractivity contribution in [1.82, 2.24) is 24.3 Å². The summed E-state index contributed by atoms with van der Waals surface area (Å²) in [5, 5.41) is 14.2. The molecule has 10 heteroatoms. The molecule has 5 heterocycles. The van der Waals surface area contributed by atoms with Crippen LogP contribution in [0.2, 0.25) is 0 Å². The van der Waals surface area contributed by atoms with Gasteiger partial charge in [0.15, 0.2) is 5.58 Å². The maximum absolute atomic E-state index is 15.3. The van der Waals surface area contributed by atoms with Crippen LogP contribution in [0, 0.1) is 5.82 Å². The first-order chi connectivity index (χ1) is 18.0. The number of benzene rings is 1. The Balaban J connectivity index is 1.64. The van der Waals surface area contributed by atoms with Crippen LogP contribution in [-0.4, -0.2) is 42.1 Å². The van der Waals surface area contributed by atoms with Crippen LogP contribution < -0.4 is 5.69 Å². The van der Waals surface area contributed by atoms with E-state index in [-0.39, 0.29) is 18.8 Å². The van der Waals surface area contributed by atoms with E-state index in [9.17, 15) is 9.90 Å². The highest BCUT2D eigenvalue weighted by molar-refractivity contribution is 6.08. The van der Waals surface area contributed by atoms with Gasteiger partial charge in [0, 0.05) is 60.2 Å². The van der Waals surface area contributed by atoms with Crippen molar-refractivity contribution in [3.05, 3.63) is 64.9 Å². The number of fused-ring (bicyclic) bond motifs is 3. The summed E-state index contributed by atoms with van der Waals surface area (Å²) in [6.07, 6.45) is 7.13. The minimum Gasteiger partial charge on any atom is -0.452 e. The van der Waals surface area contributed by atoms with Gasteiger partial charge in [-0.05, 0) is 31.4 Å². The van der Waals surface area contributed by atoms with E-state index in [4.69, 9.17) is 9.15 Å². The Kier molecular flexibility index (Phi) is 5.85. The molecule has 0 spiro atoms. The van der Waals surface area contributed by atoms with Crippen molar-refractivity contribution in [2.45, 2.75) is 44.9 Å². The molecule has 1 aliphatic heterocycles. The van der Waals surface area contributed by atoms with Crippen LogP contribution in [0.1, 0.15) is 37.9 Å². The molecule has 4 aromatic heterocycles. The third-order valence-corrected chi connectivity index (χ3v) is 7.06. The van der Waals surface area contributed by atoms with Crippen molar-refractivity contribution in [2.24, 2.45) is 7.05 Å². The molecule has 9 nitrogen and oxygen atoms in total. The van der Waals surface area contributed by atoms with Gasteiger partial charge in [0.05, 0.1) is 24.6 Å². The number of hydrogen-bond acceptors (Lipinski definition) is 7. The predicted molar refractivity (Wildman–Crippen MR) is 135 cm³/mol. The van der Waals surface area contributed by atoms with Gasteiger partial charge in [0.25, 0.3) is 0 Å². The maximum atomic E-state index is 15.3. The van der Waals surface area contributed by atoms with Gasteiger partial charge in [0.2, 0.25) is 0 Å². The Morgan fingerprint density at radius 1 is 1.22 bits per heavy atom. The van der Waals surface area contributed by atoms with E-state index in [2.05, 4.69) is 22.0 Å². The lowest BCUT2D eigenvalue weighted by Crippen LogP contribution is -2.34. The zero-order chi connectivity index (χ0) is 25.7. The monoisotopic (exact) mass is 503 g/mol. The second-order valence-electron chi connectivity index (χ2n) is 9.40. The minimum atomic E-state index is -0.480. The molecule has 1 N–H and O–H groups in total. The highest BCUT2D eigenvalue weighted by Gasteiger charge is 2.29. The van der Waals surface area contributed by atoms with E-state index in [1.807, 2.05) is 0 Å². The molecule has 1 aromatic carbocycles. The summed E-state index contributed by atoms with van der Waals surface area (Å²) in [5.74, 6) is -0.480. The Bertz CT molecular complexity index is 1670. The van der Waals surface area contributed by atoms with Crippen molar-refractivity contribution < 1.29 is 18.7 Å². The predicted octanol–water partition coefficient (Wildman–Crippen LogP) is 4.37. The molecule has 0 aliphatic carbocycles. The zero-order valence-corrected chi connectivity index (χ0v) is 20.5. The van der Waals surface area contributed by atoms with Gasteiger partial charge in [0.1, 0.15) is 22.6 Å². The average Bonchev–Trinajstić information content (AvgIpc) is 3.51. The first-order valence-corrected chi connectivity index (χ1v) is 12.3. The van der Waals surface area contributed by atoms with Gasteiger partial charge in [-0.2, -0.15) is 10.1 Å². The summed E-state index contributed by atoms with van der Waals surface area (Å²) in [4.78, 5) is 22.2. The lowest BCUT2D eigenvalue weighted by molar-refractivity contribution is -0.00709. The smallest absolute Gasteiger partial charge is 0.349 e. The third-order valence-electron chi connectivity index (χ3n) is 7.06. The second-order valence-corrected chi connectivity index (χ2v) is 9.40. The van der Waals surface area contributed by atoms with Gasteiger partial charge < -0.3 is 14.3 Å². The van der Waals surface area contributed by atoms with Crippen LogP contribution in [0.25, 0.3) is 44.5 Å². The number of halogens is 1. The highest BCUT2D eigenvalue weighted by Crippen LogP contribution is 2.39. The van der Waals surface area contributed by atoms with Crippen molar-refractivity contribution in [2.75, 3.05) is 6.61 Å². The Labute approximate surface area is 211 Å². The molecule has 190 valence electrons. The number of aliphatic hydroxyl groups is 1. The summed E-state index contributed by atoms with van der Waals surface area (Å²) in [7, 11) is 1.78. The normalized spacial score (nSPS) is 18.2. The Hall–Kier alpha value is -3.89. The van der Waals surface area contributed by atoms with Gasteiger partial charge >= 0.3 is 5.69 Å². The number of hydrogen-bond donors (Lipinski definition) is 1. The summed E-state index contributed by atoms with van der Waals surface area (Å²) < 4.78 is 30.7. The quantitative estimate of drug-likeness (QED) is 0.379. The van der Waals surface area contributed by atoms with Gasteiger partial charge in [-0.1, -0.05) is 13.0 Å². The fourth-order valence-electron chi connectivity index (χ4n) is 5.16. The molecule has 5 aromatic rings. The maximum Gasteiger partial charge on any atom is 0.349 e. The van der Waals surface area contributed by atoms with Crippen LogP contribution >= 0.6 is 0 Å². The minimum absolute atomic E-state index is 0.0426. The molecule has 2 unspecified atom stereocenters. The first kappa shape index (κ1) is 23.5. The number of aliphatic hydroxyl groups excluding tert-OH is 1. The largest absolute Gasteiger partial charge is 0.452 e. The fraction of sp³-hybridized carbons (Fsp3) is 0.333. The molecule has 37 heavy (non-hydrogen) atoms. The molecule has 0 radical (unpaired) electrons. The lowest BCUT2D eigenvalue weighted by Gasteiger charge is -2.30. The Morgan fingerprint density at radius 2 is 2.08 bits per heavy atom. The molecule has 0 saturated carbocycles. The molecule has 6 rings (SSSR count). The second kappa shape index (κ2) is 9.20. The SMILES string of the molecule is CCC1CC(n2c(=O)nc(-c3cnn(C)c3)c3oc4cc(F)c(-c5ccc(CO)nc5)cc4c32)CCO1. The van der Waals surface area contributed by atoms with E-state index >= 15 is 4.39 Å². The number of pyridine rings is 1. The molecular weight excluding hydrogens is 477 g/mol. The summed E-state index contributed by atoms with van der Waals surface area (Å²) in [5.41, 5.74) is 3.30. The number of ether oxygens (including phenoxy) is 1. The number of rotatable bonds is 5. The van der Waals surface area contributed by atoms with Crippen molar-refractivity contribution >= 4 is 22.1 Å². The molecule has 1 fully saturated rings. The van der Waals surface area contributed by atoms with E-state index < -0.39 is 11.5 Å². The average molecular weight is 504 g/mol. The first-order valence-electron chi connectivity index (χ1n) is 12.3. The Morgan fingerprint density at radius 3 is 2.78 bits per heavy atom. The van der Waals surface area contributed by atoms with Crippen LogP contribution in [0.15, 0.2) is 52.1 Å². The van der Waals surface area contributed by atoms with Gasteiger partial charge in [-0.3, -0.25) is 14.2 Å².